The van der Waals surface area contributed by atoms with E-state index in [-0.39, 0.29) is 18.1 Å². The lowest BCUT2D eigenvalue weighted by Gasteiger charge is -2.23. The van der Waals surface area contributed by atoms with E-state index >= 15 is 0 Å². The Bertz CT molecular complexity index is 950. The van der Waals surface area contributed by atoms with E-state index < -0.39 is 5.97 Å². The third-order valence-corrected chi connectivity index (χ3v) is 6.19. The minimum Gasteiger partial charge on any atom is -0.458 e. The Balaban J connectivity index is 1.64. The predicted molar refractivity (Wildman–Crippen MR) is 99.2 cm³/mol. The topological polar surface area (TPSA) is 64.4 Å². The van der Waals surface area contributed by atoms with Crippen LogP contribution in [0.1, 0.15) is 65.2 Å². The molecule has 0 bridgehead atoms. The molecule has 140 valence electrons. The minimum absolute atomic E-state index is 0.0903. The highest BCUT2D eigenvalue weighted by molar-refractivity contribution is 6.34. The Labute approximate surface area is 162 Å². The monoisotopic (exact) mass is 385 g/mol. The number of imidazole rings is 1. The van der Waals surface area contributed by atoms with Crippen LogP contribution in [0.15, 0.2) is 24.5 Å². The Hall–Kier alpha value is -2.34. The van der Waals surface area contributed by atoms with Crippen molar-refractivity contribution in [2.75, 3.05) is 6.54 Å². The molecule has 7 heteroatoms. The van der Waals surface area contributed by atoms with Gasteiger partial charge in [-0.2, -0.15) is 0 Å². The fourth-order valence-electron chi connectivity index (χ4n) is 4.27. The van der Waals surface area contributed by atoms with E-state index in [0.29, 0.717) is 34.4 Å². The highest BCUT2D eigenvalue weighted by Gasteiger charge is 2.41. The number of carbonyl (C=O) groups is 2. The summed E-state index contributed by atoms with van der Waals surface area (Å²) in [7, 11) is 0. The van der Waals surface area contributed by atoms with E-state index in [4.69, 9.17) is 16.3 Å². The summed E-state index contributed by atoms with van der Waals surface area (Å²) in [5.41, 5.74) is 2.17. The fourth-order valence-corrected chi connectivity index (χ4v) is 4.53. The van der Waals surface area contributed by atoms with Crippen LogP contribution in [0.3, 0.4) is 0 Å². The summed E-state index contributed by atoms with van der Waals surface area (Å²) < 4.78 is 7.51. The summed E-state index contributed by atoms with van der Waals surface area (Å²) in [6.07, 6.45) is 5.39. The van der Waals surface area contributed by atoms with Crippen molar-refractivity contribution in [2.24, 2.45) is 5.92 Å². The number of nitrogens with zero attached hydrogens (tertiary/aromatic N) is 3. The Morgan fingerprint density at radius 3 is 2.93 bits per heavy atom. The van der Waals surface area contributed by atoms with E-state index in [1.165, 1.54) is 0 Å². The average Bonchev–Trinajstić information content (AvgIpc) is 3.25. The molecular weight excluding hydrogens is 366 g/mol. The first-order valence-corrected chi connectivity index (χ1v) is 9.82. The molecular formula is C20H20ClN3O3. The number of aromatic nitrogens is 2. The number of amides is 1. The highest BCUT2D eigenvalue weighted by Crippen LogP contribution is 2.42. The molecule has 0 spiro atoms. The van der Waals surface area contributed by atoms with Crippen LogP contribution in [-0.4, -0.2) is 39.0 Å². The van der Waals surface area contributed by atoms with Crippen LogP contribution in [-0.2, 0) is 4.74 Å². The lowest BCUT2D eigenvalue weighted by molar-refractivity contribution is 0.0283. The van der Waals surface area contributed by atoms with Crippen LogP contribution in [0.2, 0.25) is 5.02 Å². The third kappa shape index (κ3) is 2.57. The maximum Gasteiger partial charge on any atom is 0.359 e. The van der Waals surface area contributed by atoms with Crippen molar-refractivity contribution in [3.63, 3.8) is 0 Å². The number of esters is 1. The molecule has 1 saturated heterocycles. The van der Waals surface area contributed by atoms with Gasteiger partial charge >= 0.3 is 5.97 Å². The molecule has 5 rings (SSSR count). The maximum absolute atomic E-state index is 13.2. The average molecular weight is 386 g/mol. The molecule has 3 heterocycles. The van der Waals surface area contributed by atoms with Gasteiger partial charge in [-0.25, -0.2) is 9.78 Å². The van der Waals surface area contributed by atoms with Crippen LogP contribution in [0.4, 0.5) is 0 Å². The van der Waals surface area contributed by atoms with Crippen molar-refractivity contribution in [3.8, 4) is 5.69 Å². The van der Waals surface area contributed by atoms with Crippen LogP contribution >= 0.6 is 11.6 Å². The fraction of sp³-hybridized carbons (Fsp3) is 0.450. The molecule has 6 nitrogen and oxygen atoms in total. The first kappa shape index (κ1) is 16.8. The zero-order valence-electron chi connectivity index (χ0n) is 15.0. The number of benzene rings is 1. The van der Waals surface area contributed by atoms with Gasteiger partial charge in [0.1, 0.15) is 12.4 Å². The number of hydrogen-bond acceptors (Lipinski definition) is 4. The summed E-state index contributed by atoms with van der Waals surface area (Å²) in [5, 5.41) is 0.413. The van der Waals surface area contributed by atoms with Gasteiger partial charge in [-0.1, -0.05) is 17.7 Å². The number of rotatable bonds is 3. The molecule has 0 unspecified atom stereocenters. The summed E-state index contributed by atoms with van der Waals surface area (Å²) >= 11 is 6.37. The lowest BCUT2D eigenvalue weighted by atomic mass is 10.1. The largest absolute Gasteiger partial charge is 0.458 e. The quantitative estimate of drug-likeness (QED) is 0.754. The molecule has 1 aromatic heterocycles. The Morgan fingerprint density at radius 2 is 2.15 bits per heavy atom. The first-order valence-electron chi connectivity index (χ1n) is 9.44. The third-order valence-electron chi connectivity index (χ3n) is 5.87. The van der Waals surface area contributed by atoms with E-state index in [9.17, 15) is 9.59 Å². The van der Waals surface area contributed by atoms with Crippen molar-refractivity contribution in [2.45, 2.75) is 44.8 Å². The molecule has 2 aromatic rings. The summed E-state index contributed by atoms with van der Waals surface area (Å²) in [6, 6.07) is 5.18. The van der Waals surface area contributed by atoms with Crippen molar-refractivity contribution >= 4 is 23.5 Å². The van der Waals surface area contributed by atoms with Crippen LogP contribution < -0.4 is 0 Å². The number of ether oxygens (including phenoxy) is 1. The number of hydrogen-bond donors (Lipinski definition) is 0. The number of fused-ring (bicyclic) bond motifs is 5. The van der Waals surface area contributed by atoms with Gasteiger partial charge in [-0.15, -0.1) is 0 Å². The second-order valence-corrected chi connectivity index (χ2v) is 7.99. The second-order valence-electron chi connectivity index (χ2n) is 7.59. The van der Waals surface area contributed by atoms with Crippen LogP contribution in [0.25, 0.3) is 5.69 Å². The van der Waals surface area contributed by atoms with Crippen molar-refractivity contribution in [1.29, 1.82) is 0 Å². The van der Waals surface area contributed by atoms with E-state index in [0.717, 1.165) is 31.4 Å². The van der Waals surface area contributed by atoms with E-state index in [1.54, 1.807) is 12.4 Å². The van der Waals surface area contributed by atoms with Crippen molar-refractivity contribution in [3.05, 3.63) is 46.5 Å². The smallest absolute Gasteiger partial charge is 0.359 e. The van der Waals surface area contributed by atoms with E-state index in [2.05, 4.69) is 4.98 Å². The van der Waals surface area contributed by atoms with Gasteiger partial charge in [0, 0.05) is 6.54 Å². The summed E-state index contributed by atoms with van der Waals surface area (Å²) in [6.45, 7) is 2.58. The van der Waals surface area contributed by atoms with Crippen molar-refractivity contribution in [1.82, 2.24) is 14.5 Å². The second kappa shape index (κ2) is 6.09. The molecule has 2 fully saturated rings. The molecule has 2 atom stereocenters. The molecule has 1 saturated carbocycles. The molecule has 27 heavy (non-hydrogen) atoms. The molecule has 0 radical (unpaired) electrons. The number of halogens is 1. The van der Waals surface area contributed by atoms with Crippen LogP contribution in [0.5, 0.6) is 0 Å². The zero-order chi connectivity index (χ0) is 18.7. The Morgan fingerprint density at radius 1 is 1.33 bits per heavy atom. The molecule has 1 aromatic carbocycles. The van der Waals surface area contributed by atoms with Gasteiger partial charge in [-0.05, 0) is 50.7 Å². The normalized spacial score (nSPS) is 21.9. The predicted octanol–water partition coefficient (Wildman–Crippen LogP) is 3.77. The zero-order valence-corrected chi connectivity index (χ0v) is 15.8. The van der Waals surface area contributed by atoms with Crippen LogP contribution in [0, 0.1) is 5.92 Å². The lowest BCUT2D eigenvalue weighted by Crippen LogP contribution is -2.30. The number of carbonyl (C=O) groups excluding carboxylic acids is 2. The standard InChI is InChI=1S/C20H20ClN3O3/c1-11(12-7-8-12)27-20(26)17-18-15-6-3-9-23(15)19(25)16-13(21)4-2-5-14(16)24(18)10-22-17/h2,4-5,10-12,15H,3,6-9H2,1H3/t11-,15+/m1/s1. The Kier molecular flexibility index (Phi) is 3.79. The SMILES string of the molecule is C[C@@H](OC(=O)c1ncn2c1[C@@H]1CCCN1C(=O)c1c(Cl)cccc1-2)C1CC1. The summed E-state index contributed by atoms with van der Waals surface area (Å²) in [5.74, 6) is -0.0420. The van der Waals surface area contributed by atoms with Gasteiger partial charge < -0.3 is 9.64 Å². The molecule has 0 N–H and O–H groups in total. The molecule has 1 amide bonds. The van der Waals surface area contributed by atoms with Gasteiger partial charge in [-0.3, -0.25) is 9.36 Å². The summed E-state index contributed by atoms with van der Waals surface area (Å²) in [4.78, 5) is 32.2. The first-order chi connectivity index (χ1) is 13.1. The van der Waals surface area contributed by atoms with E-state index in [1.807, 2.05) is 28.5 Å². The van der Waals surface area contributed by atoms with Gasteiger partial charge in [0.15, 0.2) is 5.69 Å². The molecule has 3 aliphatic rings. The maximum atomic E-state index is 13.2. The van der Waals surface area contributed by atoms with Gasteiger partial charge in [0.25, 0.3) is 5.91 Å². The highest BCUT2D eigenvalue weighted by atomic mass is 35.5. The van der Waals surface area contributed by atoms with Crippen molar-refractivity contribution < 1.29 is 14.3 Å². The molecule has 2 aliphatic heterocycles. The van der Waals surface area contributed by atoms with Gasteiger partial charge in [0.2, 0.25) is 0 Å². The minimum atomic E-state index is -0.409. The molecule has 1 aliphatic carbocycles. The van der Waals surface area contributed by atoms with Gasteiger partial charge in [0.05, 0.1) is 28.0 Å².